The van der Waals surface area contributed by atoms with Crippen molar-refractivity contribution in [3.8, 4) is 11.1 Å². The average Bonchev–Trinajstić information content (AvgIpc) is 3.11. The highest BCUT2D eigenvalue weighted by atomic mass is 19.1. The van der Waals surface area contributed by atoms with Crippen molar-refractivity contribution in [2.24, 2.45) is 0 Å². The summed E-state index contributed by atoms with van der Waals surface area (Å²) >= 11 is 0. The SMILES string of the molecule is Nc1cc(N2CCC3(CC2)OCCO3)c(-c2ccc(F)cc2)cc1[N+](=O)[O-]. The van der Waals surface area contributed by atoms with Gasteiger partial charge in [0.2, 0.25) is 0 Å². The number of nitro groups is 1. The largest absolute Gasteiger partial charge is 0.393 e. The molecule has 2 heterocycles. The van der Waals surface area contributed by atoms with E-state index in [1.165, 1.54) is 18.2 Å². The Labute approximate surface area is 155 Å². The van der Waals surface area contributed by atoms with Crippen molar-refractivity contribution >= 4 is 17.1 Å². The fourth-order valence-corrected chi connectivity index (χ4v) is 3.75. The molecule has 2 fully saturated rings. The molecule has 142 valence electrons. The summed E-state index contributed by atoms with van der Waals surface area (Å²) in [7, 11) is 0. The number of hydrogen-bond donors (Lipinski definition) is 1. The molecule has 0 aromatic heterocycles. The lowest BCUT2D eigenvalue weighted by molar-refractivity contribution is -0.383. The number of hydrogen-bond acceptors (Lipinski definition) is 6. The van der Waals surface area contributed by atoms with Gasteiger partial charge in [-0.15, -0.1) is 0 Å². The first-order valence-electron chi connectivity index (χ1n) is 8.84. The zero-order valence-corrected chi connectivity index (χ0v) is 14.7. The van der Waals surface area contributed by atoms with E-state index in [1.54, 1.807) is 18.2 Å². The molecule has 0 aliphatic carbocycles. The van der Waals surface area contributed by atoms with Crippen molar-refractivity contribution in [3.05, 3.63) is 52.3 Å². The van der Waals surface area contributed by atoms with Crippen LogP contribution in [0, 0.1) is 15.9 Å². The molecule has 2 saturated heterocycles. The van der Waals surface area contributed by atoms with Gasteiger partial charge in [0.15, 0.2) is 5.79 Å². The second-order valence-electron chi connectivity index (χ2n) is 6.79. The Morgan fingerprint density at radius 2 is 1.74 bits per heavy atom. The molecule has 2 aromatic carbocycles. The number of nitro benzene ring substituents is 1. The first-order valence-corrected chi connectivity index (χ1v) is 8.84. The number of anilines is 2. The third-order valence-electron chi connectivity index (χ3n) is 5.18. The quantitative estimate of drug-likeness (QED) is 0.504. The van der Waals surface area contributed by atoms with Crippen molar-refractivity contribution in [2.45, 2.75) is 18.6 Å². The Kier molecular flexibility index (Phi) is 4.45. The van der Waals surface area contributed by atoms with Gasteiger partial charge in [0.1, 0.15) is 11.5 Å². The Hall–Kier alpha value is -2.71. The minimum Gasteiger partial charge on any atom is -0.393 e. The van der Waals surface area contributed by atoms with Crippen LogP contribution in [-0.2, 0) is 9.47 Å². The van der Waals surface area contributed by atoms with Gasteiger partial charge >= 0.3 is 0 Å². The molecule has 0 amide bonds. The van der Waals surface area contributed by atoms with Crippen LogP contribution in [0.1, 0.15) is 12.8 Å². The number of nitrogens with zero attached hydrogens (tertiary/aromatic N) is 2. The topological polar surface area (TPSA) is 90.9 Å². The van der Waals surface area contributed by atoms with Gasteiger partial charge in [-0.2, -0.15) is 0 Å². The van der Waals surface area contributed by atoms with E-state index >= 15 is 0 Å². The van der Waals surface area contributed by atoms with Crippen LogP contribution in [0.25, 0.3) is 11.1 Å². The fourth-order valence-electron chi connectivity index (χ4n) is 3.75. The average molecular weight is 373 g/mol. The van der Waals surface area contributed by atoms with Gasteiger partial charge in [0.25, 0.3) is 5.69 Å². The van der Waals surface area contributed by atoms with Gasteiger partial charge < -0.3 is 20.1 Å². The molecule has 2 aromatic rings. The summed E-state index contributed by atoms with van der Waals surface area (Å²) in [6.45, 7) is 2.55. The normalized spacial score (nSPS) is 18.8. The summed E-state index contributed by atoms with van der Waals surface area (Å²) < 4.78 is 24.9. The Bertz CT molecular complexity index is 856. The third-order valence-corrected chi connectivity index (χ3v) is 5.18. The molecular formula is C19H20FN3O4. The molecule has 2 N–H and O–H groups in total. The molecule has 27 heavy (non-hydrogen) atoms. The Balaban J connectivity index is 1.72. The summed E-state index contributed by atoms with van der Waals surface area (Å²) in [5.41, 5.74) is 8.03. The monoisotopic (exact) mass is 373 g/mol. The summed E-state index contributed by atoms with van der Waals surface area (Å²) in [5.74, 6) is -0.875. The second kappa shape index (κ2) is 6.79. The van der Waals surface area contributed by atoms with Crippen LogP contribution in [0.3, 0.4) is 0 Å². The number of nitrogen functional groups attached to an aromatic ring is 1. The van der Waals surface area contributed by atoms with E-state index in [0.29, 0.717) is 50.3 Å². The fraction of sp³-hybridized carbons (Fsp3) is 0.368. The van der Waals surface area contributed by atoms with Crippen molar-refractivity contribution in [1.82, 2.24) is 0 Å². The van der Waals surface area contributed by atoms with Gasteiger partial charge in [0, 0.05) is 43.2 Å². The van der Waals surface area contributed by atoms with Crippen LogP contribution in [0.4, 0.5) is 21.5 Å². The molecule has 0 unspecified atom stereocenters. The summed E-state index contributed by atoms with van der Waals surface area (Å²) in [6, 6.07) is 9.00. The molecule has 0 saturated carbocycles. The van der Waals surface area contributed by atoms with Crippen LogP contribution >= 0.6 is 0 Å². The minimum atomic E-state index is -0.515. The number of rotatable bonds is 3. The number of benzene rings is 2. The number of nitrogens with two attached hydrogens (primary N) is 1. The first kappa shape index (κ1) is 17.7. The van der Waals surface area contributed by atoms with E-state index in [0.717, 1.165) is 5.69 Å². The highest BCUT2D eigenvalue weighted by molar-refractivity contribution is 5.85. The van der Waals surface area contributed by atoms with E-state index in [4.69, 9.17) is 15.2 Å². The standard InChI is InChI=1S/C19H20FN3O4/c20-14-3-1-13(2-4-14)15-11-18(23(24)25)16(21)12-17(15)22-7-5-19(6-8-22)26-9-10-27-19/h1-4,11-12H,5-10,21H2. The summed E-state index contributed by atoms with van der Waals surface area (Å²) in [4.78, 5) is 13.0. The molecule has 1 spiro atoms. The van der Waals surface area contributed by atoms with E-state index in [2.05, 4.69) is 4.90 Å². The molecule has 7 nitrogen and oxygen atoms in total. The van der Waals surface area contributed by atoms with Crippen LogP contribution in [0.2, 0.25) is 0 Å². The lowest BCUT2D eigenvalue weighted by Gasteiger charge is -2.39. The lowest BCUT2D eigenvalue weighted by atomic mass is 9.97. The zero-order valence-electron chi connectivity index (χ0n) is 14.7. The van der Waals surface area contributed by atoms with Crippen LogP contribution in [-0.4, -0.2) is 37.0 Å². The minimum absolute atomic E-state index is 0.106. The van der Waals surface area contributed by atoms with Crippen LogP contribution in [0.15, 0.2) is 36.4 Å². The second-order valence-corrected chi connectivity index (χ2v) is 6.79. The summed E-state index contributed by atoms with van der Waals surface area (Å²) in [5, 5.41) is 11.3. The van der Waals surface area contributed by atoms with Crippen LogP contribution in [0.5, 0.6) is 0 Å². The Morgan fingerprint density at radius 1 is 1.11 bits per heavy atom. The zero-order chi connectivity index (χ0) is 19.0. The molecular weight excluding hydrogens is 353 g/mol. The first-order chi connectivity index (χ1) is 13.0. The predicted molar refractivity (Wildman–Crippen MR) is 99.0 cm³/mol. The molecule has 2 aliphatic heterocycles. The van der Waals surface area contributed by atoms with Gasteiger partial charge in [-0.3, -0.25) is 10.1 Å². The number of halogens is 1. The number of piperidine rings is 1. The highest BCUT2D eigenvalue weighted by Crippen LogP contribution is 2.41. The third kappa shape index (κ3) is 3.33. The van der Waals surface area contributed by atoms with E-state index in [9.17, 15) is 14.5 Å². The molecule has 4 rings (SSSR count). The molecule has 8 heteroatoms. The van der Waals surface area contributed by atoms with Gasteiger partial charge in [0.05, 0.1) is 18.1 Å². The maximum absolute atomic E-state index is 13.3. The summed E-state index contributed by atoms with van der Waals surface area (Å²) in [6.07, 6.45) is 1.40. The van der Waals surface area contributed by atoms with Crippen LogP contribution < -0.4 is 10.6 Å². The smallest absolute Gasteiger partial charge is 0.292 e. The lowest BCUT2D eigenvalue weighted by Crippen LogP contribution is -2.45. The Morgan fingerprint density at radius 3 is 2.33 bits per heavy atom. The van der Waals surface area contributed by atoms with Crippen molar-refractivity contribution in [3.63, 3.8) is 0 Å². The molecule has 0 radical (unpaired) electrons. The van der Waals surface area contributed by atoms with E-state index in [1.807, 2.05) is 0 Å². The molecule has 0 bridgehead atoms. The molecule has 0 atom stereocenters. The number of ether oxygens (including phenoxy) is 2. The van der Waals surface area contributed by atoms with E-state index < -0.39 is 10.7 Å². The van der Waals surface area contributed by atoms with Gasteiger partial charge in [-0.1, -0.05) is 12.1 Å². The maximum atomic E-state index is 13.3. The van der Waals surface area contributed by atoms with Gasteiger partial charge in [-0.05, 0) is 23.8 Å². The molecule has 2 aliphatic rings. The highest BCUT2D eigenvalue weighted by Gasteiger charge is 2.40. The van der Waals surface area contributed by atoms with Crippen molar-refractivity contribution < 1.29 is 18.8 Å². The van der Waals surface area contributed by atoms with Gasteiger partial charge in [-0.25, -0.2) is 4.39 Å². The maximum Gasteiger partial charge on any atom is 0.292 e. The van der Waals surface area contributed by atoms with E-state index in [-0.39, 0.29) is 17.2 Å². The predicted octanol–water partition coefficient (Wildman–Crippen LogP) is 3.33. The van der Waals surface area contributed by atoms with Crippen molar-refractivity contribution in [2.75, 3.05) is 36.9 Å². The van der Waals surface area contributed by atoms with Crippen molar-refractivity contribution in [1.29, 1.82) is 0 Å².